The van der Waals surface area contributed by atoms with Crippen LogP contribution in [0.25, 0.3) is 0 Å². The van der Waals surface area contributed by atoms with Gasteiger partial charge in [0.2, 0.25) is 0 Å². The van der Waals surface area contributed by atoms with Crippen molar-refractivity contribution in [3.63, 3.8) is 0 Å². The maximum atomic E-state index is 11.0. The van der Waals surface area contributed by atoms with Crippen molar-refractivity contribution in [1.29, 1.82) is 0 Å². The summed E-state index contributed by atoms with van der Waals surface area (Å²) in [4.78, 5) is 11.0. The predicted molar refractivity (Wildman–Crippen MR) is 52.5 cm³/mol. The lowest BCUT2D eigenvalue weighted by Crippen LogP contribution is -2.41. The van der Waals surface area contributed by atoms with Crippen LogP contribution in [-0.2, 0) is 21.7 Å². The lowest BCUT2D eigenvalue weighted by Gasteiger charge is -2.15. The standard InChI is InChI=1S/C9H7NO5S/c11-8(12)9(10-16(13)14)5-6-3-1-2-4-7(6)15-9/h1-4H,5H2,(H,11,12). The first kappa shape index (κ1) is 10.6. The quantitative estimate of drug-likeness (QED) is 0.812. The van der Waals surface area contributed by atoms with Crippen LogP contribution in [0.4, 0.5) is 0 Å². The third kappa shape index (κ3) is 1.65. The van der Waals surface area contributed by atoms with Gasteiger partial charge in [-0.15, -0.1) is 4.36 Å². The van der Waals surface area contributed by atoms with Gasteiger partial charge in [0.25, 0.3) is 0 Å². The van der Waals surface area contributed by atoms with Crippen molar-refractivity contribution < 1.29 is 23.1 Å². The molecule has 1 aliphatic rings. The summed E-state index contributed by atoms with van der Waals surface area (Å²) in [7, 11) is -2.83. The first-order valence-electron chi connectivity index (χ1n) is 4.36. The van der Waals surface area contributed by atoms with Gasteiger partial charge in [0.05, 0.1) is 0 Å². The van der Waals surface area contributed by atoms with Crippen LogP contribution < -0.4 is 4.74 Å². The van der Waals surface area contributed by atoms with Crippen LogP contribution in [0.3, 0.4) is 0 Å². The summed E-state index contributed by atoms with van der Waals surface area (Å²) in [6.07, 6.45) is -0.0908. The molecule has 1 aliphatic heterocycles. The monoisotopic (exact) mass is 241 g/mol. The Morgan fingerprint density at radius 2 is 2.12 bits per heavy atom. The summed E-state index contributed by atoms with van der Waals surface area (Å²) in [5.74, 6) is -1.08. The maximum absolute atomic E-state index is 11.0. The van der Waals surface area contributed by atoms with Crippen LogP contribution >= 0.6 is 0 Å². The summed E-state index contributed by atoms with van der Waals surface area (Å²) in [5, 5.41) is 8.99. The molecule has 1 unspecified atom stereocenters. The van der Waals surface area contributed by atoms with Gasteiger partial charge >= 0.3 is 22.2 Å². The zero-order valence-electron chi connectivity index (χ0n) is 7.95. The number of rotatable bonds is 2. The van der Waals surface area contributed by atoms with Gasteiger partial charge < -0.3 is 9.84 Å². The molecule has 1 atom stereocenters. The molecule has 0 fully saturated rings. The minimum Gasteiger partial charge on any atom is -0.477 e. The SMILES string of the molecule is O=C(O)C1(N=S(=O)=O)Cc2ccccc2O1. The van der Waals surface area contributed by atoms with E-state index >= 15 is 0 Å². The Hall–Kier alpha value is -1.89. The van der Waals surface area contributed by atoms with E-state index in [4.69, 9.17) is 9.84 Å². The van der Waals surface area contributed by atoms with E-state index in [0.717, 1.165) is 0 Å². The van der Waals surface area contributed by atoms with Gasteiger partial charge in [0, 0.05) is 12.0 Å². The fourth-order valence-corrected chi connectivity index (χ4v) is 1.98. The normalized spacial score (nSPS) is 22.0. The number of nitrogens with zero attached hydrogens (tertiary/aromatic N) is 1. The number of hydrogen-bond donors (Lipinski definition) is 1. The van der Waals surface area contributed by atoms with Gasteiger partial charge in [0.15, 0.2) is 0 Å². The van der Waals surface area contributed by atoms with Crippen LogP contribution in [-0.4, -0.2) is 25.2 Å². The van der Waals surface area contributed by atoms with E-state index in [-0.39, 0.29) is 6.42 Å². The highest BCUT2D eigenvalue weighted by atomic mass is 32.2. The number of fused-ring (bicyclic) bond motifs is 1. The minimum absolute atomic E-state index is 0.0908. The predicted octanol–water partition coefficient (Wildman–Crippen LogP) is 0.465. The Balaban J connectivity index is 2.51. The van der Waals surface area contributed by atoms with Crippen molar-refractivity contribution in [3.05, 3.63) is 29.8 Å². The molecular weight excluding hydrogens is 234 g/mol. The highest BCUT2D eigenvalue weighted by Crippen LogP contribution is 2.35. The lowest BCUT2D eigenvalue weighted by atomic mass is 10.1. The molecule has 0 amide bonds. The summed E-state index contributed by atoms with van der Waals surface area (Å²) in [5.41, 5.74) is -1.42. The smallest absolute Gasteiger partial charge is 0.373 e. The van der Waals surface area contributed by atoms with Gasteiger partial charge in [-0.2, -0.15) is 8.42 Å². The minimum atomic E-state index is -2.83. The fourth-order valence-electron chi connectivity index (χ4n) is 1.56. The van der Waals surface area contributed by atoms with E-state index in [1.165, 1.54) is 0 Å². The molecule has 16 heavy (non-hydrogen) atoms. The summed E-state index contributed by atoms with van der Waals surface area (Å²) >= 11 is 0. The second kappa shape index (κ2) is 3.60. The lowest BCUT2D eigenvalue weighted by molar-refractivity contribution is -0.152. The average molecular weight is 241 g/mol. The van der Waals surface area contributed by atoms with E-state index in [9.17, 15) is 13.2 Å². The zero-order valence-corrected chi connectivity index (χ0v) is 8.77. The Morgan fingerprint density at radius 1 is 1.44 bits per heavy atom. The number of carboxylic acids is 1. The molecule has 0 radical (unpaired) electrons. The molecule has 2 rings (SSSR count). The molecule has 0 bridgehead atoms. The van der Waals surface area contributed by atoms with E-state index < -0.39 is 22.2 Å². The Morgan fingerprint density at radius 3 is 2.69 bits per heavy atom. The molecule has 1 aromatic carbocycles. The van der Waals surface area contributed by atoms with Crippen LogP contribution in [0, 0.1) is 0 Å². The highest BCUT2D eigenvalue weighted by molar-refractivity contribution is 7.61. The molecule has 1 N–H and O–H groups in total. The molecule has 84 valence electrons. The van der Waals surface area contributed by atoms with E-state index in [2.05, 4.69) is 4.36 Å². The number of aliphatic carboxylic acids is 1. The second-order valence-corrected chi connectivity index (χ2v) is 3.90. The fraction of sp³-hybridized carbons (Fsp3) is 0.222. The third-order valence-corrected chi connectivity index (χ3v) is 2.68. The highest BCUT2D eigenvalue weighted by Gasteiger charge is 2.47. The van der Waals surface area contributed by atoms with Gasteiger partial charge in [-0.05, 0) is 6.07 Å². The number of ether oxygens (including phenoxy) is 1. The summed E-state index contributed by atoms with van der Waals surface area (Å²) < 4.78 is 29.2. The molecule has 6 nitrogen and oxygen atoms in total. The number of carbonyl (C=O) groups is 1. The van der Waals surface area contributed by atoms with Crippen LogP contribution in [0.15, 0.2) is 28.6 Å². The van der Waals surface area contributed by atoms with Crippen molar-refractivity contribution >= 4 is 16.5 Å². The largest absolute Gasteiger partial charge is 0.477 e. The number of hydrogen-bond acceptors (Lipinski definition) is 5. The first-order valence-corrected chi connectivity index (χ1v) is 5.39. The van der Waals surface area contributed by atoms with Crippen LogP contribution in [0.2, 0.25) is 0 Å². The molecule has 0 aliphatic carbocycles. The Bertz CT molecular complexity index is 544. The van der Waals surface area contributed by atoms with E-state index in [1.807, 2.05) is 0 Å². The van der Waals surface area contributed by atoms with Crippen molar-refractivity contribution in [2.75, 3.05) is 0 Å². The second-order valence-electron chi connectivity index (χ2n) is 3.28. The van der Waals surface area contributed by atoms with Gasteiger partial charge in [0.1, 0.15) is 5.75 Å². The van der Waals surface area contributed by atoms with Gasteiger partial charge in [-0.25, -0.2) is 4.79 Å². The van der Waals surface area contributed by atoms with Crippen molar-refractivity contribution in [3.8, 4) is 5.75 Å². The van der Waals surface area contributed by atoms with Crippen LogP contribution in [0.5, 0.6) is 5.75 Å². The number of benzene rings is 1. The molecule has 7 heteroatoms. The van der Waals surface area contributed by atoms with Crippen LogP contribution in [0.1, 0.15) is 5.56 Å². The van der Waals surface area contributed by atoms with E-state index in [0.29, 0.717) is 11.3 Å². The first-order chi connectivity index (χ1) is 7.53. The number of carboxylic acid groups (broad SMARTS) is 1. The summed E-state index contributed by atoms with van der Waals surface area (Å²) in [6.45, 7) is 0. The van der Waals surface area contributed by atoms with Gasteiger partial charge in [-0.1, -0.05) is 18.2 Å². The molecule has 0 spiro atoms. The molecule has 0 saturated carbocycles. The molecule has 0 saturated heterocycles. The number of para-hydroxylation sites is 1. The van der Waals surface area contributed by atoms with Crippen molar-refractivity contribution in [2.24, 2.45) is 4.36 Å². The maximum Gasteiger partial charge on any atom is 0.373 e. The Kier molecular flexibility index (Phi) is 2.39. The van der Waals surface area contributed by atoms with Crippen molar-refractivity contribution in [1.82, 2.24) is 0 Å². The molecule has 0 aromatic heterocycles. The van der Waals surface area contributed by atoms with Crippen molar-refractivity contribution in [2.45, 2.75) is 12.1 Å². The molecule has 1 aromatic rings. The Labute approximate surface area is 92.2 Å². The average Bonchev–Trinajstić information content (AvgIpc) is 2.55. The summed E-state index contributed by atoms with van der Waals surface area (Å²) in [6, 6.07) is 6.63. The zero-order chi connectivity index (χ0) is 11.8. The topological polar surface area (TPSA) is 93.0 Å². The molecular formula is C9H7NO5S. The van der Waals surface area contributed by atoms with Gasteiger partial charge in [-0.3, -0.25) is 0 Å². The third-order valence-electron chi connectivity index (χ3n) is 2.24. The van der Waals surface area contributed by atoms with E-state index in [1.54, 1.807) is 24.3 Å². The molecule has 1 heterocycles.